The molecule has 2 atom stereocenters. The summed E-state index contributed by atoms with van der Waals surface area (Å²) in [5.41, 5.74) is 0. The number of hydrogen-bond donors (Lipinski definition) is 0. The molecule has 0 aromatic rings. The molecule has 2 rings (SSSR count). The molecule has 0 aromatic carbocycles. The lowest BCUT2D eigenvalue weighted by molar-refractivity contribution is -0.148. The van der Waals surface area contributed by atoms with Crippen LogP contribution in [0.2, 0.25) is 0 Å². The van der Waals surface area contributed by atoms with E-state index in [4.69, 9.17) is 4.74 Å². The first-order valence-corrected chi connectivity index (χ1v) is 5.67. The second kappa shape index (κ2) is 4.21. The van der Waals surface area contributed by atoms with Gasteiger partial charge in [0.2, 0.25) is 5.91 Å². The number of nitrogens with zero attached hydrogens (tertiary/aromatic N) is 1. The van der Waals surface area contributed by atoms with Gasteiger partial charge in [0.05, 0.1) is 6.61 Å². The normalized spacial score (nSPS) is 29.4. The minimum absolute atomic E-state index is 0.123. The maximum Gasteiger partial charge on any atom is 0.325 e. The number of likely N-dealkylation sites (tertiary alicyclic amines) is 1. The minimum Gasteiger partial charge on any atom is -0.465 e. The zero-order valence-corrected chi connectivity index (χ0v) is 9.07. The summed E-state index contributed by atoms with van der Waals surface area (Å²) < 4.78 is 4.87. The molecule has 0 bridgehead atoms. The molecule has 1 saturated carbocycles. The van der Waals surface area contributed by atoms with Crippen LogP contribution in [0, 0.1) is 5.92 Å². The van der Waals surface area contributed by atoms with Gasteiger partial charge < -0.3 is 9.64 Å². The van der Waals surface area contributed by atoms with Crippen LogP contribution >= 0.6 is 0 Å². The molecule has 1 amide bonds. The highest BCUT2D eigenvalue weighted by molar-refractivity contribution is 5.84. The van der Waals surface area contributed by atoms with Crippen molar-refractivity contribution in [2.24, 2.45) is 5.92 Å². The zero-order chi connectivity index (χ0) is 10.8. The summed E-state index contributed by atoms with van der Waals surface area (Å²) in [5, 5.41) is 0. The van der Waals surface area contributed by atoms with Crippen molar-refractivity contribution in [2.45, 2.75) is 38.6 Å². The molecule has 0 aromatic heterocycles. The fraction of sp³-hybridized carbons (Fsp3) is 0.818. The number of carbonyl (C=O) groups excluding carboxylic acids is 2. The molecule has 4 heteroatoms. The smallest absolute Gasteiger partial charge is 0.325 e. The van der Waals surface area contributed by atoms with Gasteiger partial charge in [0.25, 0.3) is 0 Å². The van der Waals surface area contributed by atoms with Crippen molar-refractivity contribution < 1.29 is 14.3 Å². The summed E-state index contributed by atoms with van der Waals surface area (Å²) in [6.07, 6.45) is 4.00. The Morgan fingerprint density at radius 3 is 3.07 bits per heavy atom. The van der Waals surface area contributed by atoms with Crippen LogP contribution in [-0.2, 0) is 14.3 Å². The average Bonchev–Trinajstić information content (AvgIpc) is 2.71. The standard InChI is InChI=1S/C11H17NO3/c1-2-15-11(14)7-12-9-5-3-4-8(9)6-10(12)13/h8-9H,2-7H2,1H3. The lowest BCUT2D eigenvalue weighted by Crippen LogP contribution is -2.38. The Bertz CT molecular complexity index is 277. The third kappa shape index (κ3) is 1.98. The third-order valence-electron chi connectivity index (χ3n) is 3.38. The molecule has 0 spiro atoms. The van der Waals surface area contributed by atoms with Crippen molar-refractivity contribution in [3.63, 3.8) is 0 Å². The van der Waals surface area contributed by atoms with E-state index in [1.165, 1.54) is 6.42 Å². The van der Waals surface area contributed by atoms with Crippen molar-refractivity contribution in [2.75, 3.05) is 13.2 Å². The van der Waals surface area contributed by atoms with E-state index in [1.807, 2.05) is 0 Å². The molecule has 0 radical (unpaired) electrons. The molecule has 1 saturated heterocycles. The van der Waals surface area contributed by atoms with Gasteiger partial charge in [-0.05, 0) is 25.7 Å². The Kier molecular flexibility index (Phi) is 2.93. The van der Waals surface area contributed by atoms with E-state index < -0.39 is 0 Å². The minimum atomic E-state index is -0.279. The topological polar surface area (TPSA) is 46.6 Å². The first-order chi connectivity index (χ1) is 7.22. The fourth-order valence-corrected chi connectivity index (χ4v) is 2.74. The molecule has 1 aliphatic carbocycles. The van der Waals surface area contributed by atoms with Crippen LogP contribution in [0.25, 0.3) is 0 Å². The first kappa shape index (κ1) is 10.5. The molecular weight excluding hydrogens is 194 g/mol. The Balaban J connectivity index is 1.95. The highest BCUT2D eigenvalue weighted by Gasteiger charge is 2.42. The fourth-order valence-electron chi connectivity index (χ4n) is 2.74. The molecular formula is C11H17NO3. The summed E-state index contributed by atoms with van der Waals surface area (Å²) in [4.78, 5) is 24.7. The number of amides is 1. The summed E-state index contributed by atoms with van der Waals surface area (Å²) >= 11 is 0. The Morgan fingerprint density at radius 1 is 1.53 bits per heavy atom. The van der Waals surface area contributed by atoms with Crippen LogP contribution in [0.5, 0.6) is 0 Å². The van der Waals surface area contributed by atoms with Crippen molar-refractivity contribution in [1.82, 2.24) is 4.90 Å². The lowest BCUT2D eigenvalue weighted by atomic mass is 10.0. The summed E-state index contributed by atoms with van der Waals surface area (Å²) in [5.74, 6) is 0.336. The third-order valence-corrected chi connectivity index (χ3v) is 3.38. The van der Waals surface area contributed by atoms with Gasteiger partial charge in [-0.3, -0.25) is 9.59 Å². The highest BCUT2D eigenvalue weighted by atomic mass is 16.5. The van der Waals surface area contributed by atoms with Gasteiger partial charge in [0, 0.05) is 12.5 Å². The molecule has 0 N–H and O–H groups in total. The van der Waals surface area contributed by atoms with Gasteiger partial charge in [-0.2, -0.15) is 0 Å². The van der Waals surface area contributed by atoms with E-state index in [9.17, 15) is 9.59 Å². The SMILES string of the molecule is CCOC(=O)CN1C(=O)CC2CCCC21. The molecule has 4 nitrogen and oxygen atoms in total. The monoisotopic (exact) mass is 211 g/mol. The van der Waals surface area contributed by atoms with Gasteiger partial charge in [0.15, 0.2) is 0 Å². The van der Waals surface area contributed by atoms with Crippen LogP contribution in [0.3, 0.4) is 0 Å². The predicted octanol–water partition coefficient (Wildman–Crippen LogP) is 0.950. The molecule has 2 fully saturated rings. The highest BCUT2D eigenvalue weighted by Crippen LogP contribution is 2.38. The van der Waals surface area contributed by atoms with Crippen molar-refractivity contribution in [3.8, 4) is 0 Å². The maximum absolute atomic E-state index is 11.6. The summed E-state index contributed by atoms with van der Waals surface area (Å²) in [6, 6.07) is 0.307. The number of carbonyl (C=O) groups is 2. The Morgan fingerprint density at radius 2 is 2.33 bits per heavy atom. The molecule has 15 heavy (non-hydrogen) atoms. The number of fused-ring (bicyclic) bond motifs is 1. The van der Waals surface area contributed by atoms with Crippen molar-refractivity contribution >= 4 is 11.9 Å². The molecule has 2 unspecified atom stereocenters. The lowest BCUT2D eigenvalue weighted by Gasteiger charge is -2.22. The van der Waals surface area contributed by atoms with Crippen molar-refractivity contribution in [3.05, 3.63) is 0 Å². The summed E-state index contributed by atoms with van der Waals surface area (Å²) in [7, 11) is 0. The van der Waals surface area contributed by atoms with Crippen molar-refractivity contribution in [1.29, 1.82) is 0 Å². The van der Waals surface area contributed by atoms with E-state index in [0.717, 1.165) is 12.8 Å². The van der Waals surface area contributed by atoms with E-state index in [1.54, 1.807) is 11.8 Å². The summed E-state index contributed by atoms with van der Waals surface area (Å²) in [6.45, 7) is 2.31. The van der Waals surface area contributed by atoms with E-state index in [2.05, 4.69) is 0 Å². The maximum atomic E-state index is 11.6. The van der Waals surface area contributed by atoms with E-state index in [-0.39, 0.29) is 18.4 Å². The second-order valence-electron chi connectivity index (χ2n) is 4.29. The van der Waals surface area contributed by atoms with Crippen LogP contribution in [0.1, 0.15) is 32.6 Å². The molecule has 1 heterocycles. The van der Waals surface area contributed by atoms with Gasteiger partial charge in [-0.1, -0.05) is 6.42 Å². The number of ether oxygens (including phenoxy) is 1. The molecule has 1 aliphatic heterocycles. The van der Waals surface area contributed by atoms with Gasteiger partial charge >= 0.3 is 5.97 Å². The van der Waals surface area contributed by atoms with Crippen LogP contribution in [0.4, 0.5) is 0 Å². The quantitative estimate of drug-likeness (QED) is 0.653. The Hall–Kier alpha value is -1.06. The van der Waals surface area contributed by atoms with Crippen LogP contribution in [-0.4, -0.2) is 36.0 Å². The van der Waals surface area contributed by atoms with Gasteiger partial charge in [-0.25, -0.2) is 0 Å². The molecule has 2 aliphatic rings. The van der Waals surface area contributed by atoms with Crippen LogP contribution < -0.4 is 0 Å². The number of rotatable bonds is 3. The number of hydrogen-bond acceptors (Lipinski definition) is 3. The number of esters is 1. The Labute approximate surface area is 89.6 Å². The second-order valence-corrected chi connectivity index (χ2v) is 4.29. The van der Waals surface area contributed by atoms with Gasteiger partial charge in [0.1, 0.15) is 6.54 Å². The average molecular weight is 211 g/mol. The van der Waals surface area contributed by atoms with Gasteiger partial charge in [-0.15, -0.1) is 0 Å². The predicted molar refractivity (Wildman–Crippen MR) is 54.1 cm³/mol. The molecule has 84 valence electrons. The van der Waals surface area contributed by atoms with Crippen LogP contribution in [0.15, 0.2) is 0 Å². The van der Waals surface area contributed by atoms with E-state index >= 15 is 0 Å². The largest absolute Gasteiger partial charge is 0.465 e. The zero-order valence-electron chi connectivity index (χ0n) is 9.07. The first-order valence-electron chi connectivity index (χ1n) is 5.67. The van der Waals surface area contributed by atoms with E-state index in [0.29, 0.717) is 25.0 Å².